The average Bonchev–Trinajstić information content (AvgIpc) is 2.68. The average molecular weight is 354 g/mol. The van der Waals surface area contributed by atoms with Gasteiger partial charge in [-0.05, 0) is 52.6 Å². The first-order chi connectivity index (χ1) is 11.1. The zero-order valence-electron chi connectivity index (χ0n) is 15.5. The van der Waals surface area contributed by atoms with Crippen molar-refractivity contribution in [3.05, 3.63) is 29.8 Å². The molecule has 1 heterocycles. The van der Waals surface area contributed by atoms with Gasteiger partial charge in [0.2, 0.25) is 0 Å². The van der Waals surface area contributed by atoms with E-state index in [0.717, 1.165) is 11.0 Å². The fourth-order valence-corrected chi connectivity index (χ4v) is 4.25. The van der Waals surface area contributed by atoms with Crippen LogP contribution < -0.4 is 5.46 Å². The van der Waals surface area contributed by atoms with Crippen LogP contribution in [0.1, 0.15) is 47.1 Å². The Morgan fingerprint density at radius 3 is 2.08 bits per heavy atom. The fraction of sp³-hybridized carbons (Fsp3) is 0.647. The van der Waals surface area contributed by atoms with Gasteiger partial charge in [-0.3, -0.25) is 4.57 Å². The summed E-state index contributed by atoms with van der Waals surface area (Å²) in [6.07, 6.45) is 0.238. The summed E-state index contributed by atoms with van der Waals surface area (Å²) in [4.78, 5) is 0. The smallest absolute Gasteiger partial charge is 0.399 e. The van der Waals surface area contributed by atoms with Crippen LogP contribution >= 0.6 is 7.60 Å². The molecule has 1 saturated heterocycles. The van der Waals surface area contributed by atoms with Gasteiger partial charge < -0.3 is 18.4 Å². The van der Waals surface area contributed by atoms with Crippen molar-refractivity contribution in [1.82, 2.24) is 0 Å². The molecule has 0 N–H and O–H groups in total. The monoisotopic (exact) mass is 354 g/mol. The molecule has 5 nitrogen and oxygen atoms in total. The predicted octanol–water partition coefficient (Wildman–Crippen LogP) is 3.75. The fourth-order valence-electron chi connectivity index (χ4n) is 2.56. The van der Waals surface area contributed by atoms with E-state index in [4.69, 9.17) is 18.4 Å². The second kappa shape index (κ2) is 7.31. The van der Waals surface area contributed by atoms with Gasteiger partial charge in [-0.25, -0.2) is 0 Å². The van der Waals surface area contributed by atoms with E-state index in [2.05, 4.69) is 0 Å². The van der Waals surface area contributed by atoms with Crippen molar-refractivity contribution in [2.45, 2.75) is 58.9 Å². The van der Waals surface area contributed by atoms with E-state index in [1.807, 2.05) is 65.8 Å². The highest BCUT2D eigenvalue weighted by molar-refractivity contribution is 7.53. The molecule has 0 saturated carbocycles. The van der Waals surface area contributed by atoms with Crippen molar-refractivity contribution in [3.8, 4) is 0 Å². The van der Waals surface area contributed by atoms with Crippen LogP contribution in [0.2, 0.25) is 0 Å². The minimum atomic E-state index is -3.13. The molecule has 7 heteroatoms. The molecule has 0 unspecified atom stereocenters. The Morgan fingerprint density at radius 2 is 1.58 bits per heavy atom. The highest BCUT2D eigenvalue weighted by Crippen LogP contribution is 2.51. The van der Waals surface area contributed by atoms with E-state index in [9.17, 15) is 4.57 Å². The highest BCUT2D eigenvalue weighted by Gasteiger charge is 2.51. The number of hydrogen-bond acceptors (Lipinski definition) is 5. The normalized spacial score (nSPS) is 19.7. The zero-order chi connectivity index (χ0) is 18.0. The number of benzene rings is 1. The summed E-state index contributed by atoms with van der Waals surface area (Å²) < 4.78 is 35.6. The molecule has 0 bridgehead atoms. The van der Waals surface area contributed by atoms with Gasteiger partial charge in [0.15, 0.2) is 0 Å². The third-order valence-electron chi connectivity index (χ3n) is 4.50. The maximum Gasteiger partial charge on any atom is 0.494 e. The van der Waals surface area contributed by atoms with Crippen molar-refractivity contribution in [1.29, 1.82) is 0 Å². The Morgan fingerprint density at radius 1 is 1.04 bits per heavy atom. The lowest BCUT2D eigenvalue weighted by molar-refractivity contribution is 0.00578. The minimum absolute atomic E-state index is 0.238. The molecule has 2 rings (SSSR count). The Balaban J connectivity index is 2.19. The third kappa shape index (κ3) is 4.30. The van der Waals surface area contributed by atoms with E-state index in [1.165, 1.54) is 0 Å². The topological polar surface area (TPSA) is 54.0 Å². The molecule has 0 radical (unpaired) electrons. The van der Waals surface area contributed by atoms with Gasteiger partial charge in [0, 0.05) is 0 Å². The SMILES string of the molecule is CCOP(=O)(Cc1cccc(B2OC(C)(C)C(C)(C)O2)c1)OCC. The number of rotatable bonds is 7. The summed E-state index contributed by atoms with van der Waals surface area (Å²) in [5.41, 5.74) is 1.01. The Labute approximate surface area is 145 Å². The molecule has 1 fully saturated rings. The van der Waals surface area contributed by atoms with Crippen molar-refractivity contribution in [3.63, 3.8) is 0 Å². The van der Waals surface area contributed by atoms with Crippen LogP contribution in [-0.4, -0.2) is 31.5 Å². The second-order valence-corrected chi connectivity index (χ2v) is 8.99. The van der Waals surface area contributed by atoms with Crippen molar-refractivity contribution in [2.75, 3.05) is 13.2 Å². The lowest BCUT2D eigenvalue weighted by atomic mass is 9.78. The summed E-state index contributed by atoms with van der Waals surface area (Å²) in [5, 5.41) is 0. The standard InChI is InChI=1S/C17H28BO5P/c1-7-20-24(19,21-8-2)13-14-10-9-11-15(12-14)18-22-16(3,4)17(5,6)23-18/h9-12H,7-8,13H2,1-6H3. The maximum atomic E-state index is 12.7. The Bertz CT molecular complexity index is 591. The van der Waals surface area contributed by atoms with E-state index in [-0.39, 0.29) is 17.4 Å². The maximum absolute atomic E-state index is 12.7. The molecule has 0 atom stereocenters. The number of hydrogen-bond donors (Lipinski definition) is 0. The molecule has 0 amide bonds. The summed E-state index contributed by atoms with van der Waals surface area (Å²) in [6.45, 7) is 12.4. The summed E-state index contributed by atoms with van der Waals surface area (Å²) in [5.74, 6) is 0. The molecular weight excluding hydrogens is 326 g/mol. The molecule has 1 aromatic carbocycles. The van der Waals surface area contributed by atoms with E-state index < -0.39 is 14.7 Å². The van der Waals surface area contributed by atoms with Crippen LogP contribution in [-0.2, 0) is 29.1 Å². The van der Waals surface area contributed by atoms with Crippen LogP contribution in [0.3, 0.4) is 0 Å². The first kappa shape index (κ1) is 19.7. The van der Waals surface area contributed by atoms with Gasteiger partial charge in [-0.1, -0.05) is 24.3 Å². The first-order valence-corrected chi connectivity index (χ1v) is 10.2. The zero-order valence-corrected chi connectivity index (χ0v) is 16.4. The van der Waals surface area contributed by atoms with Crippen molar-refractivity contribution < 1.29 is 22.9 Å². The molecule has 1 aliphatic heterocycles. The highest BCUT2D eigenvalue weighted by atomic mass is 31.2. The van der Waals surface area contributed by atoms with Crippen LogP contribution in [0.25, 0.3) is 0 Å². The minimum Gasteiger partial charge on any atom is -0.399 e. The van der Waals surface area contributed by atoms with Crippen molar-refractivity contribution >= 4 is 20.2 Å². The quantitative estimate of drug-likeness (QED) is 0.551. The lowest BCUT2D eigenvalue weighted by Gasteiger charge is -2.32. The lowest BCUT2D eigenvalue weighted by Crippen LogP contribution is -2.41. The van der Waals surface area contributed by atoms with Gasteiger partial charge in [0.05, 0.1) is 30.6 Å². The molecule has 1 aromatic rings. The van der Waals surface area contributed by atoms with Gasteiger partial charge in [0.25, 0.3) is 0 Å². The van der Waals surface area contributed by atoms with Crippen molar-refractivity contribution in [2.24, 2.45) is 0 Å². The van der Waals surface area contributed by atoms with Gasteiger partial charge in [-0.15, -0.1) is 0 Å². The largest absolute Gasteiger partial charge is 0.494 e. The van der Waals surface area contributed by atoms with E-state index in [1.54, 1.807) is 0 Å². The molecular formula is C17H28BO5P. The molecule has 0 aromatic heterocycles. The van der Waals surface area contributed by atoms with E-state index >= 15 is 0 Å². The predicted molar refractivity (Wildman–Crippen MR) is 96.7 cm³/mol. The molecule has 134 valence electrons. The molecule has 24 heavy (non-hydrogen) atoms. The van der Waals surface area contributed by atoms with Crippen LogP contribution in [0.5, 0.6) is 0 Å². The first-order valence-electron chi connectivity index (χ1n) is 8.45. The second-order valence-electron chi connectivity index (χ2n) is 6.94. The Hall–Kier alpha value is -0.645. The third-order valence-corrected chi connectivity index (χ3v) is 6.56. The van der Waals surface area contributed by atoms with Gasteiger partial charge in [0.1, 0.15) is 0 Å². The van der Waals surface area contributed by atoms with Crippen LogP contribution in [0.15, 0.2) is 24.3 Å². The van der Waals surface area contributed by atoms with Gasteiger partial charge in [-0.2, -0.15) is 0 Å². The van der Waals surface area contributed by atoms with Crippen LogP contribution in [0.4, 0.5) is 0 Å². The van der Waals surface area contributed by atoms with E-state index in [0.29, 0.717) is 13.2 Å². The summed E-state index contributed by atoms with van der Waals surface area (Å²) in [6, 6.07) is 7.74. The molecule has 0 aliphatic carbocycles. The Kier molecular flexibility index (Phi) is 5.99. The van der Waals surface area contributed by atoms with Gasteiger partial charge >= 0.3 is 14.7 Å². The summed E-state index contributed by atoms with van der Waals surface area (Å²) in [7, 11) is -3.56. The van der Waals surface area contributed by atoms with Crippen LogP contribution in [0, 0.1) is 0 Å². The summed E-state index contributed by atoms with van der Waals surface area (Å²) >= 11 is 0. The molecule has 0 spiro atoms. The molecule has 1 aliphatic rings.